The quantitative estimate of drug-likeness (QED) is 0.493. The van der Waals surface area contributed by atoms with Gasteiger partial charge in [-0.3, -0.25) is 4.98 Å². The number of allylic oxidation sites excluding steroid dienone is 1. The van der Waals surface area contributed by atoms with Crippen LogP contribution in [0.2, 0.25) is 0 Å². The molecule has 0 aliphatic carbocycles. The molecule has 0 fully saturated rings. The Morgan fingerprint density at radius 1 is 1.08 bits per heavy atom. The molecule has 2 amide bonds. The summed E-state index contributed by atoms with van der Waals surface area (Å²) in [6, 6.07) is 17.0. The minimum Gasteiger partial charge on any atom is -0.457 e. The molecular weight excluding hydrogens is 460 g/mol. The number of aryl methyl sites for hydroxylation is 1. The van der Waals surface area contributed by atoms with Crippen LogP contribution < -0.4 is 20.1 Å². The number of urea groups is 1. The van der Waals surface area contributed by atoms with Crippen molar-refractivity contribution in [1.82, 2.24) is 15.6 Å². The molecule has 2 N–H and O–H groups in total. The van der Waals surface area contributed by atoms with E-state index in [2.05, 4.69) is 21.7 Å². The first kappa shape index (κ1) is 22.9. The average molecular weight is 482 g/mol. The van der Waals surface area contributed by atoms with E-state index in [1.165, 1.54) is 0 Å². The average Bonchev–Trinajstić information content (AvgIpc) is 3.39. The van der Waals surface area contributed by atoms with Gasteiger partial charge in [-0.15, -0.1) is 0 Å². The number of nitrogens with one attached hydrogen (secondary N) is 2. The number of aromatic nitrogens is 1. The molecule has 180 valence electrons. The van der Waals surface area contributed by atoms with E-state index in [0.717, 1.165) is 5.56 Å². The van der Waals surface area contributed by atoms with E-state index in [9.17, 15) is 9.59 Å². The highest BCUT2D eigenvalue weighted by molar-refractivity contribution is 5.95. The summed E-state index contributed by atoms with van der Waals surface area (Å²) in [6.07, 6.45) is 4.16. The van der Waals surface area contributed by atoms with Gasteiger partial charge >= 0.3 is 12.0 Å². The number of carbonyl (C=O) groups excluding carboxylic acids is 2. The van der Waals surface area contributed by atoms with Crippen LogP contribution in [0.5, 0.6) is 11.5 Å². The van der Waals surface area contributed by atoms with Crippen molar-refractivity contribution < 1.29 is 23.8 Å². The molecule has 0 radical (unpaired) electrons. The highest BCUT2D eigenvalue weighted by Gasteiger charge is 2.34. The summed E-state index contributed by atoms with van der Waals surface area (Å²) in [5, 5.41) is 14.7. The van der Waals surface area contributed by atoms with E-state index >= 15 is 0 Å². The van der Waals surface area contributed by atoms with E-state index in [4.69, 9.17) is 19.5 Å². The molecule has 9 heteroatoms. The van der Waals surface area contributed by atoms with Crippen LogP contribution in [-0.2, 0) is 22.6 Å². The number of hydrogen-bond donors (Lipinski definition) is 2. The molecule has 2 aliphatic heterocycles. The molecule has 0 bridgehead atoms. The Kier molecular flexibility index (Phi) is 6.49. The van der Waals surface area contributed by atoms with E-state index in [1.54, 1.807) is 48.8 Å². The molecule has 5 rings (SSSR count). The van der Waals surface area contributed by atoms with Gasteiger partial charge in [0.15, 0.2) is 11.5 Å². The Balaban J connectivity index is 1.42. The SMILES string of the molecule is N#Cc1cccc(COC(=O)C2=C(CCc3ccc4c(c3)OCO4)NC(=O)NC2c2cccnc2)c1. The summed E-state index contributed by atoms with van der Waals surface area (Å²) >= 11 is 0. The number of amides is 2. The number of pyridine rings is 1. The number of nitriles is 1. The van der Waals surface area contributed by atoms with Crippen LogP contribution in [0.4, 0.5) is 4.79 Å². The third-order valence-corrected chi connectivity index (χ3v) is 5.92. The topological polar surface area (TPSA) is 123 Å². The summed E-state index contributed by atoms with van der Waals surface area (Å²) in [5.74, 6) is 0.789. The van der Waals surface area contributed by atoms with Crippen molar-refractivity contribution >= 4 is 12.0 Å². The molecule has 3 aromatic rings. The van der Waals surface area contributed by atoms with Crippen molar-refractivity contribution in [3.63, 3.8) is 0 Å². The zero-order valence-electron chi connectivity index (χ0n) is 19.2. The summed E-state index contributed by atoms with van der Waals surface area (Å²) in [7, 11) is 0. The summed E-state index contributed by atoms with van der Waals surface area (Å²) in [5.41, 5.74) is 3.58. The number of benzene rings is 2. The predicted octanol–water partition coefficient (Wildman–Crippen LogP) is 3.67. The van der Waals surface area contributed by atoms with Crippen LogP contribution in [0.1, 0.15) is 34.7 Å². The molecule has 0 saturated carbocycles. The number of esters is 1. The molecule has 1 unspecified atom stereocenters. The lowest BCUT2D eigenvalue weighted by molar-refractivity contribution is -0.140. The Labute approximate surface area is 207 Å². The molecule has 0 saturated heterocycles. The standard InChI is InChI=1S/C27H22N4O5/c28-13-18-3-1-4-19(11-18)15-34-26(32)24-21(8-6-17-7-9-22-23(12-17)36-16-35-22)30-27(33)31-25(24)20-5-2-10-29-14-20/h1-5,7,9-12,14,25H,6,8,15-16H2,(H2,30,31,33). The normalized spacial score (nSPS) is 16.1. The van der Waals surface area contributed by atoms with Gasteiger partial charge in [0.1, 0.15) is 6.61 Å². The summed E-state index contributed by atoms with van der Waals surface area (Å²) in [4.78, 5) is 30.1. The molecule has 1 aromatic heterocycles. The first-order valence-corrected chi connectivity index (χ1v) is 11.4. The summed E-state index contributed by atoms with van der Waals surface area (Å²) < 4.78 is 16.5. The first-order chi connectivity index (χ1) is 17.6. The second-order valence-electron chi connectivity index (χ2n) is 8.29. The number of carbonyl (C=O) groups is 2. The van der Waals surface area contributed by atoms with Crippen molar-refractivity contribution in [1.29, 1.82) is 5.26 Å². The zero-order chi connectivity index (χ0) is 24.9. The minimum atomic E-state index is -0.725. The highest BCUT2D eigenvalue weighted by Crippen LogP contribution is 2.34. The molecule has 3 heterocycles. The van der Waals surface area contributed by atoms with Crippen LogP contribution >= 0.6 is 0 Å². The smallest absolute Gasteiger partial charge is 0.338 e. The van der Waals surface area contributed by atoms with E-state index in [1.807, 2.05) is 18.2 Å². The van der Waals surface area contributed by atoms with Gasteiger partial charge in [0, 0.05) is 18.1 Å². The summed E-state index contributed by atoms with van der Waals surface area (Å²) in [6.45, 7) is 0.173. The lowest BCUT2D eigenvalue weighted by Gasteiger charge is -2.29. The molecule has 2 aliphatic rings. The molecule has 36 heavy (non-hydrogen) atoms. The van der Waals surface area contributed by atoms with Crippen molar-refractivity contribution in [2.24, 2.45) is 0 Å². The van der Waals surface area contributed by atoms with Gasteiger partial charge < -0.3 is 24.8 Å². The van der Waals surface area contributed by atoms with Crippen LogP contribution in [0.25, 0.3) is 0 Å². The van der Waals surface area contributed by atoms with E-state index < -0.39 is 18.0 Å². The van der Waals surface area contributed by atoms with Crippen LogP contribution in [0, 0.1) is 11.3 Å². The Bertz CT molecular complexity index is 1380. The first-order valence-electron chi connectivity index (χ1n) is 11.4. The second-order valence-corrected chi connectivity index (χ2v) is 8.29. The highest BCUT2D eigenvalue weighted by atomic mass is 16.7. The zero-order valence-corrected chi connectivity index (χ0v) is 19.2. The van der Waals surface area contributed by atoms with E-state index in [-0.39, 0.29) is 13.4 Å². The predicted molar refractivity (Wildman–Crippen MR) is 128 cm³/mol. The third-order valence-electron chi connectivity index (χ3n) is 5.92. The monoisotopic (exact) mass is 482 g/mol. The van der Waals surface area contributed by atoms with Gasteiger partial charge in [-0.1, -0.05) is 24.3 Å². The van der Waals surface area contributed by atoms with Gasteiger partial charge in [0.2, 0.25) is 6.79 Å². The Morgan fingerprint density at radius 2 is 1.97 bits per heavy atom. The van der Waals surface area contributed by atoms with Crippen molar-refractivity contribution in [3.8, 4) is 17.6 Å². The van der Waals surface area contributed by atoms with Crippen LogP contribution in [-0.4, -0.2) is 23.8 Å². The van der Waals surface area contributed by atoms with Crippen LogP contribution in [0.3, 0.4) is 0 Å². The van der Waals surface area contributed by atoms with Gasteiger partial charge in [0.25, 0.3) is 0 Å². The van der Waals surface area contributed by atoms with Gasteiger partial charge in [-0.2, -0.15) is 5.26 Å². The Hall–Kier alpha value is -4.84. The lowest BCUT2D eigenvalue weighted by atomic mass is 9.94. The van der Waals surface area contributed by atoms with Crippen molar-refractivity contribution in [2.45, 2.75) is 25.5 Å². The fraction of sp³-hybridized carbons (Fsp3) is 0.185. The number of nitrogens with zero attached hydrogens (tertiary/aromatic N) is 2. The van der Waals surface area contributed by atoms with Crippen molar-refractivity contribution in [3.05, 3.63) is 101 Å². The molecule has 1 atom stereocenters. The number of hydrogen-bond acceptors (Lipinski definition) is 7. The number of rotatable bonds is 7. The van der Waals surface area contributed by atoms with Crippen molar-refractivity contribution in [2.75, 3.05) is 6.79 Å². The third kappa shape index (κ3) is 4.98. The Morgan fingerprint density at radius 3 is 2.81 bits per heavy atom. The van der Waals surface area contributed by atoms with Gasteiger partial charge in [-0.25, -0.2) is 9.59 Å². The molecule has 0 spiro atoms. The minimum absolute atomic E-state index is 0.0129. The number of fused-ring (bicyclic) bond motifs is 1. The number of ether oxygens (including phenoxy) is 3. The van der Waals surface area contributed by atoms with Gasteiger partial charge in [-0.05, 0) is 59.9 Å². The lowest BCUT2D eigenvalue weighted by Crippen LogP contribution is -2.46. The maximum absolute atomic E-state index is 13.4. The molecular formula is C27H22N4O5. The molecule has 2 aromatic carbocycles. The maximum Gasteiger partial charge on any atom is 0.338 e. The van der Waals surface area contributed by atoms with Crippen LogP contribution in [0.15, 0.2) is 78.3 Å². The van der Waals surface area contributed by atoms with Gasteiger partial charge in [0.05, 0.1) is 23.2 Å². The fourth-order valence-electron chi connectivity index (χ4n) is 4.18. The maximum atomic E-state index is 13.4. The molecule has 9 nitrogen and oxygen atoms in total. The van der Waals surface area contributed by atoms with E-state index in [0.29, 0.717) is 52.3 Å². The fourth-order valence-corrected chi connectivity index (χ4v) is 4.18. The second kappa shape index (κ2) is 10.2. The largest absolute Gasteiger partial charge is 0.457 e.